The van der Waals surface area contributed by atoms with Gasteiger partial charge < -0.3 is 14.7 Å². The lowest BCUT2D eigenvalue weighted by Crippen LogP contribution is -2.38. The molecule has 22 heavy (non-hydrogen) atoms. The molecule has 3 rings (SSSR count). The molecule has 2 fully saturated rings. The van der Waals surface area contributed by atoms with E-state index >= 15 is 0 Å². The Bertz CT molecular complexity index is 503. The molecule has 0 bridgehead atoms. The van der Waals surface area contributed by atoms with Gasteiger partial charge in [0, 0.05) is 26.2 Å². The van der Waals surface area contributed by atoms with Gasteiger partial charge in [-0.05, 0) is 24.1 Å². The lowest BCUT2D eigenvalue weighted by Gasteiger charge is -2.29. The van der Waals surface area contributed by atoms with Gasteiger partial charge in [0.25, 0.3) is 0 Å². The summed E-state index contributed by atoms with van der Waals surface area (Å²) in [4.78, 5) is 16.5. The van der Waals surface area contributed by atoms with E-state index in [2.05, 4.69) is 4.90 Å². The zero-order valence-corrected chi connectivity index (χ0v) is 13.4. The summed E-state index contributed by atoms with van der Waals surface area (Å²) in [6.45, 7) is 5.41. The number of carbonyl (C=O) groups excluding carboxylic acids is 1. The number of nitrogens with zero attached hydrogens (tertiary/aromatic N) is 2. The van der Waals surface area contributed by atoms with E-state index in [-0.39, 0.29) is 17.0 Å². The third-order valence-electron chi connectivity index (χ3n) is 4.12. The quantitative estimate of drug-likeness (QED) is 0.894. The molecule has 0 unspecified atom stereocenters. The van der Waals surface area contributed by atoms with Crippen LogP contribution in [-0.2, 0) is 9.53 Å². The van der Waals surface area contributed by atoms with Crippen molar-refractivity contribution in [1.82, 2.24) is 9.80 Å². The summed E-state index contributed by atoms with van der Waals surface area (Å²) in [5, 5.41) is 9.48. The number of thioether (sulfide) groups is 1. The number of rotatable bonds is 5. The predicted molar refractivity (Wildman–Crippen MR) is 86.9 cm³/mol. The van der Waals surface area contributed by atoms with Crippen molar-refractivity contribution in [1.29, 1.82) is 0 Å². The Kier molecular flexibility index (Phi) is 5.23. The van der Waals surface area contributed by atoms with E-state index in [4.69, 9.17) is 4.74 Å². The first-order chi connectivity index (χ1) is 10.7. The number of hydrogen-bond acceptors (Lipinski definition) is 5. The van der Waals surface area contributed by atoms with Crippen LogP contribution in [0.1, 0.15) is 17.4 Å². The Hall–Kier alpha value is -1.24. The van der Waals surface area contributed by atoms with E-state index in [1.165, 1.54) is 0 Å². The number of carbonyl (C=O) groups is 1. The predicted octanol–water partition coefficient (Wildman–Crippen LogP) is 1.69. The van der Waals surface area contributed by atoms with Crippen LogP contribution < -0.4 is 0 Å². The molecule has 0 spiro atoms. The fourth-order valence-electron chi connectivity index (χ4n) is 2.90. The van der Waals surface area contributed by atoms with Gasteiger partial charge in [-0.15, -0.1) is 11.8 Å². The fraction of sp³-hybridized carbons (Fsp3) is 0.562. The van der Waals surface area contributed by atoms with Crippen molar-refractivity contribution in [3.63, 3.8) is 0 Å². The van der Waals surface area contributed by atoms with Crippen LogP contribution in [0, 0.1) is 0 Å². The first-order valence-electron chi connectivity index (χ1n) is 7.74. The number of phenols is 1. The van der Waals surface area contributed by atoms with Gasteiger partial charge in [0.2, 0.25) is 5.91 Å². The van der Waals surface area contributed by atoms with E-state index in [9.17, 15) is 9.90 Å². The van der Waals surface area contributed by atoms with Crippen LogP contribution in [0.3, 0.4) is 0 Å². The normalized spacial score (nSPS) is 23.2. The minimum atomic E-state index is 0.0813. The van der Waals surface area contributed by atoms with Gasteiger partial charge >= 0.3 is 0 Å². The molecule has 2 heterocycles. The molecule has 0 aliphatic carbocycles. The molecule has 6 heteroatoms. The highest BCUT2D eigenvalue weighted by Crippen LogP contribution is 2.38. The van der Waals surface area contributed by atoms with E-state index < -0.39 is 0 Å². The molecule has 1 atom stereocenters. The average Bonchev–Trinajstić information content (AvgIpc) is 2.90. The summed E-state index contributed by atoms with van der Waals surface area (Å²) in [5.41, 5.74) is 1.08. The number of amides is 1. The second-order valence-corrected chi connectivity index (χ2v) is 6.72. The molecule has 2 saturated heterocycles. The SMILES string of the molecule is O=C1CS[C@@H](c2ccc(O)cc2)N1CCCN1CCOCC1. The Morgan fingerprint density at radius 2 is 1.91 bits per heavy atom. The van der Waals surface area contributed by atoms with Gasteiger partial charge in [-0.3, -0.25) is 9.69 Å². The van der Waals surface area contributed by atoms with E-state index in [0.29, 0.717) is 5.75 Å². The number of aromatic hydroxyl groups is 1. The number of ether oxygens (including phenoxy) is 1. The van der Waals surface area contributed by atoms with Crippen LogP contribution >= 0.6 is 11.8 Å². The Labute approximate surface area is 135 Å². The topological polar surface area (TPSA) is 53.0 Å². The first-order valence-corrected chi connectivity index (χ1v) is 8.79. The molecular weight excluding hydrogens is 300 g/mol. The van der Waals surface area contributed by atoms with E-state index in [0.717, 1.165) is 51.4 Å². The second kappa shape index (κ2) is 7.35. The third-order valence-corrected chi connectivity index (χ3v) is 5.38. The molecule has 1 aromatic carbocycles. The van der Waals surface area contributed by atoms with Crippen molar-refractivity contribution < 1.29 is 14.6 Å². The molecular formula is C16H22N2O3S. The molecule has 1 N–H and O–H groups in total. The smallest absolute Gasteiger partial charge is 0.233 e. The third kappa shape index (κ3) is 3.74. The molecule has 0 aromatic heterocycles. The van der Waals surface area contributed by atoms with Crippen molar-refractivity contribution in [2.24, 2.45) is 0 Å². The highest BCUT2D eigenvalue weighted by atomic mass is 32.2. The Morgan fingerprint density at radius 3 is 2.64 bits per heavy atom. The van der Waals surface area contributed by atoms with Crippen molar-refractivity contribution in [3.05, 3.63) is 29.8 Å². The summed E-state index contributed by atoms with van der Waals surface area (Å²) >= 11 is 1.66. The Morgan fingerprint density at radius 1 is 1.18 bits per heavy atom. The van der Waals surface area contributed by atoms with Gasteiger partial charge in [0.05, 0.1) is 19.0 Å². The zero-order chi connectivity index (χ0) is 15.4. The summed E-state index contributed by atoms with van der Waals surface area (Å²) in [6.07, 6.45) is 0.987. The summed E-state index contributed by atoms with van der Waals surface area (Å²) in [5.74, 6) is 1.02. The van der Waals surface area contributed by atoms with Gasteiger partial charge in [-0.1, -0.05) is 12.1 Å². The first kappa shape index (κ1) is 15.6. The largest absolute Gasteiger partial charge is 0.508 e. The number of morpholine rings is 1. The monoisotopic (exact) mass is 322 g/mol. The van der Waals surface area contributed by atoms with Crippen LogP contribution in [-0.4, -0.2) is 66.0 Å². The van der Waals surface area contributed by atoms with Gasteiger partial charge in [0.1, 0.15) is 11.1 Å². The maximum atomic E-state index is 12.1. The molecule has 5 nitrogen and oxygen atoms in total. The molecule has 2 aliphatic heterocycles. The van der Waals surface area contributed by atoms with E-state index in [1.54, 1.807) is 23.9 Å². The number of benzene rings is 1. The summed E-state index contributed by atoms with van der Waals surface area (Å²) < 4.78 is 5.35. The van der Waals surface area contributed by atoms with Crippen LogP contribution in [0.5, 0.6) is 5.75 Å². The standard InChI is InChI=1S/C16H22N2O3S/c19-14-4-2-13(3-5-14)16-18(15(20)12-22-16)7-1-6-17-8-10-21-11-9-17/h2-5,16,19H,1,6-12H2/t16-/m0/s1. The van der Waals surface area contributed by atoms with Crippen LogP contribution in [0.4, 0.5) is 0 Å². The average molecular weight is 322 g/mol. The highest BCUT2D eigenvalue weighted by Gasteiger charge is 2.32. The van der Waals surface area contributed by atoms with Gasteiger partial charge in [-0.25, -0.2) is 0 Å². The molecule has 1 aromatic rings. The zero-order valence-electron chi connectivity index (χ0n) is 12.6. The van der Waals surface area contributed by atoms with E-state index in [1.807, 2.05) is 17.0 Å². The maximum Gasteiger partial charge on any atom is 0.233 e. The van der Waals surface area contributed by atoms with Crippen molar-refractivity contribution >= 4 is 17.7 Å². The Balaban J connectivity index is 1.55. The van der Waals surface area contributed by atoms with Gasteiger partial charge in [0.15, 0.2) is 0 Å². The van der Waals surface area contributed by atoms with Crippen LogP contribution in [0.25, 0.3) is 0 Å². The highest BCUT2D eigenvalue weighted by molar-refractivity contribution is 8.00. The van der Waals surface area contributed by atoms with Crippen LogP contribution in [0.2, 0.25) is 0 Å². The molecule has 2 aliphatic rings. The lowest BCUT2D eigenvalue weighted by molar-refractivity contribution is -0.128. The minimum Gasteiger partial charge on any atom is -0.508 e. The number of phenolic OH excluding ortho intramolecular Hbond substituents is 1. The fourth-order valence-corrected chi connectivity index (χ4v) is 4.12. The second-order valence-electron chi connectivity index (χ2n) is 5.65. The van der Waals surface area contributed by atoms with Crippen molar-refractivity contribution in [3.8, 4) is 5.75 Å². The summed E-state index contributed by atoms with van der Waals surface area (Å²) in [7, 11) is 0. The minimum absolute atomic E-state index is 0.0813. The van der Waals surface area contributed by atoms with Crippen molar-refractivity contribution in [2.45, 2.75) is 11.8 Å². The lowest BCUT2D eigenvalue weighted by atomic mass is 10.2. The van der Waals surface area contributed by atoms with Crippen molar-refractivity contribution in [2.75, 3.05) is 45.1 Å². The maximum absolute atomic E-state index is 12.1. The molecule has 1 amide bonds. The van der Waals surface area contributed by atoms with Gasteiger partial charge in [-0.2, -0.15) is 0 Å². The number of hydrogen-bond donors (Lipinski definition) is 1. The molecule has 0 saturated carbocycles. The van der Waals surface area contributed by atoms with Crippen LogP contribution in [0.15, 0.2) is 24.3 Å². The molecule has 0 radical (unpaired) electrons. The molecule has 120 valence electrons. The summed E-state index contributed by atoms with van der Waals surface area (Å²) in [6, 6.07) is 7.18.